The Kier molecular flexibility index (Phi) is 2.87. The van der Waals surface area contributed by atoms with Crippen LogP contribution in [-0.4, -0.2) is 12.6 Å². The van der Waals surface area contributed by atoms with Gasteiger partial charge in [0.1, 0.15) is 5.75 Å². The Labute approximate surface area is 119 Å². The largest absolute Gasteiger partial charge is 0.490 e. The van der Waals surface area contributed by atoms with Crippen molar-refractivity contribution in [3.63, 3.8) is 0 Å². The van der Waals surface area contributed by atoms with Crippen LogP contribution in [0.25, 0.3) is 0 Å². The quantitative estimate of drug-likeness (QED) is 0.906. The number of anilines is 1. The Morgan fingerprint density at radius 1 is 1.00 bits per heavy atom. The van der Waals surface area contributed by atoms with Gasteiger partial charge in [-0.3, -0.25) is 0 Å². The van der Waals surface area contributed by atoms with Crippen LogP contribution in [0.15, 0.2) is 48.5 Å². The molecule has 1 aliphatic carbocycles. The van der Waals surface area contributed by atoms with E-state index in [1.165, 1.54) is 29.7 Å². The monoisotopic (exact) mass is 265 g/mol. The van der Waals surface area contributed by atoms with Crippen LogP contribution in [0, 0.1) is 0 Å². The molecule has 2 heteroatoms. The normalized spacial score (nSPS) is 20.9. The summed E-state index contributed by atoms with van der Waals surface area (Å²) in [4.78, 5) is 0. The van der Waals surface area contributed by atoms with Crippen molar-refractivity contribution >= 4 is 5.69 Å². The van der Waals surface area contributed by atoms with E-state index >= 15 is 0 Å². The number of ether oxygens (including phenoxy) is 1. The Morgan fingerprint density at radius 2 is 1.90 bits per heavy atom. The Balaban J connectivity index is 1.56. The summed E-state index contributed by atoms with van der Waals surface area (Å²) < 4.78 is 5.91. The van der Waals surface area contributed by atoms with Gasteiger partial charge in [-0.05, 0) is 48.6 Å². The van der Waals surface area contributed by atoms with Crippen LogP contribution in [0.3, 0.4) is 0 Å². The molecule has 0 aromatic heterocycles. The van der Waals surface area contributed by atoms with Gasteiger partial charge < -0.3 is 10.1 Å². The number of hydrogen-bond acceptors (Lipinski definition) is 2. The second-order valence-corrected chi connectivity index (χ2v) is 5.83. The molecule has 2 aliphatic rings. The molecule has 1 unspecified atom stereocenters. The van der Waals surface area contributed by atoms with Crippen LogP contribution in [0.4, 0.5) is 5.69 Å². The minimum Gasteiger partial charge on any atom is -0.490 e. The van der Waals surface area contributed by atoms with Crippen molar-refractivity contribution < 1.29 is 4.74 Å². The zero-order valence-corrected chi connectivity index (χ0v) is 11.5. The zero-order chi connectivity index (χ0) is 13.4. The maximum atomic E-state index is 5.91. The average molecular weight is 265 g/mol. The lowest BCUT2D eigenvalue weighted by molar-refractivity contribution is 0.302. The molecule has 1 heterocycles. The lowest BCUT2D eigenvalue weighted by atomic mass is 9.88. The Bertz CT molecular complexity index is 618. The van der Waals surface area contributed by atoms with Crippen molar-refractivity contribution in [2.45, 2.75) is 31.3 Å². The fourth-order valence-corrected chi connectivity index (χ4v) is 2.90. The van der Waals surface area contributed by atoms with E-state index in [9.17, 15) is 0 Å². The van der Waals surface area contributed by atoms with Crippen LogP contribution in [-0.2, 0) is 6.42 Å². The molecule has 1 fully saturated rings. The molecule has 0 amide bonds. The van der Waals surface area contributed by atoms with Gasteiger partial charge in [0.25, 0.3) is 0 Å². The maximum absolute atomic E-state index is 5.91. The highest BCUT2D eigenvalue weighted by Crippen LogP contribution is 2.33. The standard InChI is InChI=1S/C18H19NO/c1-2-7-18-14(4-1)10-15(12-19-18)13-5-3-6-17(11-13)20-16-8-9-16/h1-7,11,15-16,19H,8-10,12H2. The van der Waals surface area contributed by atoms with Crippen molar-refractivity contribution in [1.29, 1.82) is 0 Å². The predicted molar refractivity (Wildman–Crippen MR) is 81.5 cm³/mol. The summed E-state index contributed by atoms with van der Waals surface area (Å²) in [7, 11) is 0. The van der Waals surface area contributed by atoms with Gasteiger partial charge in [-0.1, -0.05) is 30.3 Å². The van der Waals surface area contributed by atoms with E-state index in [0.29, 0.717) is 12.0 Å². The molecule has 102 valence electrons. The minimum atomic E-state index is 0.468. The van der Waals surface area contributed by atoms with Crippen molar-refractivity contribution in [3.8, 4) is 5.75 Å². The van der Waals surface area contributed by atoms with Gasteiger partial charge in [0.2, 0.25) is 0 Å². The van der Waals surface area contributed by atoms with Crippen LogP contribution < -0.4 is 10.1 Å². The third-order valence-electron chi connectivity index (χ3n) is 4.18. The minimum absolute atomic E-state index is 0.468. The molecule has 1 aliphatic heterocycles. The van der Waals surface area contributed by atoms with Crippen LogP contribution in [0.5, 0.6) is 5.75 Å². The first-order chi connectivity index (χ1) is 9.88. The van der Waals surface area contributed by atoms with E-state index in [2.05, 4.69) is 53.8 Å². The molecule has 2 nitrogen and oxygen atoms in total. The smallest absolute Gasteiger partial charge is 0.120 e. The predicted octanol–water partition coefficient (Wildman–Crippen LogP) is 3.98. The lowest BCUT2D eigenvalue weighted by Crippen LogP contribution is -2.21. The molecular formula is C18H19NO. The first-order valence-electron chi connectivity index (χ1n) is 7.47. The molecule has 2 aromatic rings. The third kappa shape index (κ3) is 2.38. The first-order valence-corrected chi connectivity index (χ1v) is 7.47. The molecule has 0 spiro atoms. The van der Waals surface area contributed by atoms with Crippen LogP contribution in [0.2, 0.25) is 0 Å². The highest BCUT2D eigenvalue weighted by Gasteiger charge is 2.24. The Morgan fingerprint density at radius 3 is 2.80 bits per heavy atom. The molecule has 1 atom stereocenters. The van der Waals surface area contributed by atoms with Gasteiger partial charge >= 0.3 is 0 Å². The number of para-hydroxylation sites is 1. The zero-order valence-electron chi connectivity index (χ0n) is 11.5. The third-order valence-corrected chi connectivity index (χ3v) is 4.18. The van der Waals surface area contributed by atoms with Crippen LogP contribution in [0.1, 0.15) is 29.9 Å². The van der Waals surface area contributed by atoms with Crippen molar-refractivity contribution in [2.75, 3.05) is 11.9 Å². The number of hydrogen-bond donors (Lipinski definition) is 1. The summed E-state index contributed by atoms with van der Waals surface area (Å²) in [5.74, 6) is 1.57. The number of nitrogens with one attached hydrogen (secondary N) is 1. The topological polar surface area (TPSA) is 21.3 Å². The molecule has 2 aromatic carbocycles. The summed E-state index contributed by atoms with van der Waals surface area (Å²) >= 11 is 0. The number of rotatable bonds is 3. The van der Waals surface area contributed by atoms with E-state index < -0.39 is 0 Å². The summed E-state index contributed by atoms with van der Waals surface area (Å²) in [5, 5.41) is 3.54. The van der Waals surface area contributed by atoms with Crippen molar-refractivity contribution in [1.82, 2.24) is 0 Å². The molecular weight excluding hydrogens is 246 g/mol. The van der Waals surface area contributed by atoms with Gasteiger partial charge in [0.15, 0.2) is 0 Å². The van der Waals surface area contributed by atoms with E-state index in [1.807, 2.05) is 0 Å². The molecule has 20 heavy (non-hydrogen) atoms. The maximum Gasteiger partial charge on any atom is 0.120 e. The number of benzene rings is 2. The Hall–Kier alpha value is -1.96. The van der Waals surface area contributed by atoms with Gasteiger partial charge in [-0.2, -0.15) is 0 Å². The average Bonchev–Trinajstić information content (AvgIpc) is 3.31. The summed E-state index contributed by atoms with van der Waals surface area (Å²) in [6, 6.07) is 17.2. The van der Waals surface area contributed by atoms with Crippen molar-refractivity contribution in [2.24, 2.45) is 0 Å². The van der Waals surface area contributed by atoms with Gasteiger partial charge in [-0.25, -0.2) is 0 Å². The molecule has 1 N–H and O–H groups in total. The number of fused-ring (bicyclic) bond motifs is 1. The first kappa shape index (κ1) is 11.8. The van der Waals surface area contributed by atoms with Crippen LogP contribution >= 0.6 is 0 Å². The highest BCUT2D eigenvalue weighted by atomic mass is 16.5. The highest BCUT2D eigenvalue weighted by molar-refractivity contribution is 5.54. The summed E-state index contributed by atoms with van der Waals surface area (Å²) in [6.45, 7) is 1.00. The fourth-order valence-electron chi connectivity index (χ4n) is 2.90. The molecule has 0 radical (unpaired) electrons. The lowest BCUT2D eigenvalue weighted by Gasteiger charge is -2.26. The fraction of sp³-hybridized carbons (Fsp3) is 0.333. The van der Waals surface area contributed by atoms with Gasteiger partial charge in [0, 0.05) is 18.2 Å². The van der Waals surface area contributed by atoms with E-state index in [0.717, 1.165) is 18.7 Å². The van der Waals surface area contributed by atoms with E-state index in [-0.39, 0.29) is 0 Å². The van der Waals surface area contributed by atoms with Gasteiger partial charge in [0.05, 0.1) is 6.10 Å². The SMILES string of the molecule is c1cc(OC2CC2)cc(C2CNc3ccccc3C2)c1. The second-order valence-electron chi connectivity index (χ2n) is 5.83. The molecule has 0 saturated heterocycles. The van der Waals surface area contributed by atoms with Crippen molar-refractivity contribution in [3.05, 3.63) is 59.7 Å². The second kappa shape index (κ2) is 4.86. The molecule has 4 rings (SSSR count). The van der Waals surface area contributed by atoms with Gasteiger partial charge in [-0.15, -0.1) is 0 Å². The summed E-state index contributed by atoms with van der Waals surface area (Å²) in [5.41, 5.74) is 4.08. The van der Waals surface area contributed by atoms with E-state index in [4.69, 9.17) is 4.74 Å². The molecule has 0 bridgehead atoms. The molecule has 1 saturated carbocycles. The van der Waals surface area contributed by atoms with E-state index in [1.54, 1.807) is 0 Å². The summed E-state index contributed by atoms with van der Waals surface area (Å²) in [6.07, 6.45) is 4.00.